The van der Waals surface area contributed by atoms with Crippen molar-refractivity contribution in [3.05, 3.63) is 29.8 Å². The molecule has 1 rings (SSSR count). The lowest BCUT2D eigenvalue weighted by Gasteiger charge is -2.31. The van der Waals surface area contributed by atoms with Crippen molar-refractivity contribution in [2.75, 3.05) is 11.5 Å². The molecule has 0 saturated carbocycles. The van der Waals surface area contributed by atoms with Crippen LogP contribution in [0.4, 0.5) is 0 Å². The van der Waals surface area contributed by atoms with E-state index in [0.29, 0.717) is 6.42 Å². The quantitative estimate of drug-likeness (QED) is 0.765. The molecule has 120 valence electrons. The van der Waals surface area contributed by atoms with Crippen molar-refractivity contribution in [3.63, 3.8) is 0 Å². The number of phenolic OH excluding ortho intramolecular Hbond substituents is 1. The molecule has 0 spiro atoms. The lowest BCUT2D eigenvalue weighted by molar-refractivity contribution is -0.134. The fourth-order valence-corrected chi connectivity index (χ4v) is 3.40. The van der Waals surface area contributed by atoms with Crippen molar-refractivity contribution in [2.45, 2.75) is 47.0 Å². The Labute approximate surface area is 131 Å². The number of thiol groups is 1. The van der Waals surface area contributed by atoms with Crippen molar-refractivity contribution < 1.29 is 14.1 Å². The van der Waals surface area contributed by atoms with Crippen LogP contribution in [0.1, 0.15) is 52.5 Å². The van der Waals surface area contributed by atoms with Crippen LogP contribution < -0.4 is 0 Å². The number of carbonyl (C=O) groups excluding carboxylic acids is 1. The zero-order valence-electron chi connectivity index (χ0n) is 13.7. The summed E-state index contributed by atoms with van der Waals surface area (Å²) in [5.41, 5.74) is 1.02. The van der Waals surface area contributed by atoms with Crippen LogP contribution in [-0.2, 0) is 8.98 Å². The van der Waals surface area contributed by atoms with Crippen molar-refractivity contribution in [1.82, 2.24) is 0 Å². The molecule has 0 radical (unpaired) electrons. The van der Waals surface area contributed by atoms with E-state index < -0.39 is 11.2 Å². The first-order chi connectivity index (χ1) is 9.77. The first-order valence-electron chi connectivity index (χ1n) is 7.52. The van der Waals surface area contributed by atoms with Crippen LogP contribution in [-0.4, -0.2) is 22.6 Å². The van der Waals surface area contributed by atoms with Gasteiger partial charge in [-0.05, 0) is 29.0 Å². The maximum absolute atomic E-state index is 12.2. The van der Waals surface area contributed by atoms with Gasteiger partial charge >= 0.3 is 5.97 Å². The fraction of sp³-hybridized carbons (Fsp3) is 0.588. The van der Waals surface area contributed by atoms with Crippen molar-refractivity contribution in [3.8, 4) is 5.75 Å². The van der Waals surface area contributed by atoms with Gasteiger partial charge in [-0.15, -0.1) is 11.2 Å². The molecular weight excluding hydrogens is 284 g/mol. The molecule has 3 nitrogen and oxygen atoms in total. The summed E-state index contributed by atoms with van der Waals surface area (Å²) in [6.45, 7) is 10.5. The number of rotatable bonds is 6. The van der Waals surface area contributed by atoms with Crippen LogP contribution in [0.5, 0.6) is 5.75 Å². The van der Waals surface area contributed by atoms with Crippen LogP contribution in [0, 0.1) is 5.41 Å². The predicted molar refractivity (Wildman–Crippen MR) is 91.1 cm³/mol. The molecule has 1 N–H and O–H groups in total. The maximum Gasteiger partial charge on any atom is 0.316 e. The lowest BCUT2D eigenvalue weighted by Crippen LogP contribution is -2.22. The summed E-state index contributed by atoms with van der Waals surface area (Å²) in [5.74, 6) is 2.04. The Hall–Kier alpha value is -1.16. The second kappa shape index (κ2) is 7.74. The maximum atomic E-state index is 12.2. The van der Waals surface area contributed by atoms with E-state index in [0.717, 1.165) is 17.1 Å². The largest absolute Gasteiger partial charge is 0.508 e. The highest BCUT2D eigenvalue weighted by Crippen LogP contribution is 2.39. The number of benzene rings is 1. The number of aromatic hydroxyl groups is 1. The van der Waals surface area contributed by atoms with Gasteiger partial charge in [0, 0.05) is 11.5 Å². The highest BCUT2D eigenvalue weighted by atomic mass is 32.2. The molecule has 0 aliphatic heterocycles. The van der Waals surface area contributed by atoms with Gasteiger partial charge in [0.2, 0.25) is 0 Å². The van der Waals surface area contributed by atoms with Gasteiger partial charge in [0.25, 0.3) is 0 Å². The summed E-state index contributed by atoms with van der Waals surface area (Å²) < 4.78 is 5.60. The summed E-state index contributed by atoms with van der Waals surface area (Å²) in [7, 11) is 0. The number of hydrogen-bond donors (Lipinski definition) is 2. The Morgan fingerprint density at radius 3 is 2.14 bits per heavy atom. The van der Waals surface area contributed by atoms with Gasteiger partial charge in [0.15, 0.2) is 0 Å². The first kappa shape index (κ1) is 17.9. The van der Waals surface area contributed by atoms with Crippen molar-refractivity contribution in [1.29, 1.82) is 0 Å². The summed E-state index contributed by atoms with van der Waals surface area (Å²) in [6.07, 6.45) is 0.382. The normalized spacial score (nSPS) is 13.7. The smallest absolute Gasteiger partial charge is 0.316 e. The third-order valence-electron chi connectivity index (χ3n) is 3.65. The third-order valence-corrected chi connectivity index (χ3v) is 5.52. The van der Waals surface area contributed by atoms with E-state index in [1.807, 2.05) is 12.1 Å². The molecule has 0 saturated heterocycles. The Balaban J connectivity index is 2.85. The van der Waals surface area contributed by atoms with Crippen LogP contribution in [0.3, 0.4) is 0 Å². The summed E-state index contributed by atoms with van der Waals surface area (Å²) in [4.78, 5) is 12.2. The highest BCUT2D eigenvalue weighted by molar-refractivity contribution is 8.13. The molecule has 21 heavy (non-hydrogen) atoms. The topological polar surface area (TPSA) is 46.5 Å². The molecule has 1 aromatic carbocycles. The van der Waals surface area contributed by atoms with E-state index in [1.165, 1.54) is 0 Å². The van der Waals surface area contributed by atoms with Gasteiger partial charge in [-0.25, -0.2) is 0 Å². The summed E-state index contributed by atoms with van der Waals surface area (Å²) in [6, 6.07) is 7.12. The SMILES string of the molecule is CC[SH](CC)OC(=O)CC(c1ccc(O)cc1)C(C)(C)C. The Morgan fingerprint density at radius 1 is 1.19 bits per heavy atom. The average Bonchev–Trinajstić information content (AvgIpc) is 2.42. The first-order valence-corrected chi connectivity index (χ1v) is 9.15. The van der Waals surface area contributed by atoms with Gasteiger partial charge in [0.1, 0.15) is 5.75 Å². The number of hydrogen-bond acceptors (Lipinski definition) is 3. The van der Waals surface area contributed by atoms with E-state index in [4.69, 9.17) is 4.18 Å². The van der Waals surface area contributed by atoms with E-state index in [2.05, 4.69) is 34.6 Å². The van der Waals surface area contributed by atoms with E-state index in [9.17, 15) is 9.90 Å². The molecule has 0 heterocycles. The second-order valence-electron chi connectivity index (χ2n) is 6.29. The van der Waals surface area contributed by atoms with Crippen molar-refractivity contribution in [2.24, 2.45) is 5.41 Å². The van der Waals surface area contributed by atoms with Gasteiger partial charge in [-0.2, -0.15) is 0 Å². The van der Waals surface area contributed by atoms with Crippen LogP contribution in [0.25, 0.3) is 0 Å². The minimum Gasteiger partial charge on any atom is -0.508 e. The molecule has 1 atom stereocenters. The van der Waals surface area contributed by atoms with E-state index in [-0.39, 0.29) is 23.1 Å². The van der Waals surface area contributed by atoms with Gasteiger partial charge in [0.05, 0.1) is 6.42 Å². The average molecular weight is 312 g/mol. The fourth-order valence-electron chi connectivity index (χ4n) is 2.33. The van der Waals surface area contributed by atoms with Crippen molar-refractivity contribution >= 4 is 17.1 Å². The van der Waals surface area contributed by atoms with E-state index in [1.54, 1.807) is 12.1 Å². The van der Waals surface area contributed by atoms with E-state index >= 15 is 0 Å². The molecule has 0 amide bonds. The highest BCUT2D eigenvalue weighted by Gasteiger charge is 2.29. The Morgan fingerprint density at radius 2 is 1.71 bits per heavy atom. The minimum absolute atomic E-state index is 0.0445. The molecule has 1 aromatic rings. The van der Waals surface area contributed by atoms with Gasteiger partial charge in [-0.3, -0.25) is 4.79 Å². The number of phenols is 1. The molecule has 0 aromatic heterocycles. The molecule has 0 aliphatic carbocycles. The monoisotopic (exact) mass is 312 g/mol. The molecule has 0 aliphatic rings. The zero-order valence-corrected chi connectivity index (χ0v) is 14.6. The van der Waals surface area contributed by atoms with Crippen LogP contribution >= 0.6 is 11.2 Å². The molecular formula is C17H28O3S. The molecule has 0 fully saturated rings. The lowest BCUT2D eigenvalue weighted by atomic mass is 9.74. The second-order valence-corrected chi connectivity index (χ2v) is 8.70. The van der Waals surface area contributed by atoms with Crippen LogP contribution in [0.2, 0.25) is 0 Å². The van der Waals surface area contributed by atoms with Gasteiger partial charge < -0.3 is 9.29 Å². The Kier molecular flexibility index (Phi) is 6.59. The summed E-state index contributed by atoms with van der Waals surface area (Å²) in [5, 5.41) is 9.42. The summed E-state index contributed by atoms with van der Waals surface area (Å²) >= 11 is -0.626. The van der Waals surface area contributed by atoms with Crippen LogP contribution in [0.15, 0.2) is 24.3 Å². The van der Waals surface area contributed by atoms with Gasteiger partial charge in [-0.1, -0.05) is 46.8 Å². The zero-order chi connectivity index (χ0) is 16.0. The third kappa shape index (κ3) is 5.62. The standard InChI is InChI=1S/C17H28O3S/c1-6-21(7-2)20-16(19)12-15(17(3,4)5)13-8-10-14(18)11-9-13/h8-11,15,18,21H,6-7,12H2,1-5H3. The predicted octanol–water partition coefficient (Wildman–Crippen LogP) is 4.41. The minimum atomic E-state index is -0.626. The number of carbonyl (C=O) groups is 1. The molecule has 1 unspecified atom stereocenters. The molecule has 4 heteroatoms. The Bertz CT molecular complexity index is 444. The molecule has 0 bridgehead atoms.